The van der Waals surface area contributed by atoms with Gasteiger partial charge in [0.2, 0.25) is 5.91 Å². The first kappa shape index (κ1) is 22.3. The van der Waals surface area contributed by atoms with E-state index in [0.29, 0.717) is 36.3 Å². The molecule has 1 aliphatic rings. The van der Waals surface area contributed by atoms with Gasteiger partial charge < -0.3 is 15.5 Å². The standard InChI is InChI=1S/C27H27N3O3/c31-25(21-13-5-2-6-14-21)28-23-16-8-7-15-22(23)26(32)29-24(19-20-11-3-1-4-12-20)27(33)30-17-9-10-18-30/h1-8,11-16,24H,9-10,17-19H2,(H,28,31)(H,29,32)/t24-/m0/s1. The second-order valence-electron chi connectivity index (χ2n) is 8.11. The van der Waals surface area contributed by atoms with Gasteiger partial charge >= 0.3 is 0 Å². The van der Waals surface area contributed by atoms with Gasteiger partial charge in [-0.15, -0.1) is 0 Å². The number of anilines is 1. The Hall–Kier alpha value is -3.93. The molecule has 2 N–H and O–H groups in total. The topological polar surface area (TPSA) is 78.5 Å². The van der Waals surface area contributed by atoms with Gasteiger partial charge in [-0.3, -0.25) is 14.4 Å². The number of nitrogens with one attached hydrogen (secondary N) is 2. The van der Waals surface area contributed by atoms with E-state index >= 15 is 0 Å². The van der Waals surface area contributed by atoms with Crippen LogP contribution in [-0.2, 0) is 11.2 Å². The summed E-state index contributed by atoms with van der Waals surface area (Å²) in [4.78, 5) is 40.9. The molecule has 33 heavy (non-hydrogen) atoms. The Morgan fingerprint density at radius 2 is 1.36 bits per heavy atom. The summed E-state index contributed by atoms with van der Waals surface area (Å²) in [5.41, 5.74) is 2.19. The van der Waals surface area contributed by atoms with Crippen LogP contribution in [0.1, 0.15) is 39.1 Å². The number of hydrogen-bond donors (Lipinski definition) is 2. The Morgan fingerprint density at radius 3 is 2.06 bits per heavy atom. The van der Waals surface area contributed by atoms with Crippen LogP contribution in [0.4, 0.5) is 5.69 Å². The number of carbonyl (C=O) groups is 3. The largest absolute Gasteiger partial charge is 0.341 e. The monoisotopic (exact) mass is 441 g/mol. The third-order valence-corrected chi connectivity index (χ3v) is 5.76. The third-order valence-electron chi connectivity index (χ3n) is 5.76. The van der Waals surface area contributed by atoms with Gasteiger partial charge in [-0.05, 0) is 42.7 Å². The number of amides is 3. The minimum absolute atomic E-state index is 0.0736. The first-order valence-electron chi connectivity index (χ1n) is 11.2. The van der Waals surface area contributed by atoms with Crippen LogP contribution < -0.4 is 10.6 Å². The van der Waals surface area contributed by atoms with Crippen molar-refractivity contribution in [2.75, 3.05) is 18.4 Å². The van der Waals surface area contributed by atoms with Crippen LogP contribution in [0.25, 0.3) is 0 Å². The highest BCUT2D eigenvalue weighted by molar-refractivity contribution is 6.09. The first-order chi connectivity index (χ1) is 16.1. The van der Waals surface area contributed by atoms with Crippen LogP contribution in [0.5, 0.6) is 0 Å². The maximum Gasteiger partial charge on any atom is 0.255 e. The highest BCUT2D eigenvalue weighted by atomic mass is 16.2. The summed E-state index contributed by atoms with van der Waals surface area (Å²) in [6, 6.07) is 24.6. The number of hydrogen-bond acceptors (Lipinski definition) is 3. The summed E-state index contributed by atoms with van der Waals surface area (Å²) in [6.07, 6.45) is 2.36. The molecule has 0 aliphatic carbocycles. The fourth-order valence-corrected chi connectivity index (χ4v) is 4.02. The molecule has 3 aromatic carbocycles. The molecule has 1 atom stereocenters. The second kappa shape index (κ2) is 10.6. The van der Waals surface area contributed by atoms with E-state index in [9.17, 15) is 14.4 Å². The molecule has 1 fully saturated rings. The van der Waals surface area contributed by atoms with Gasteiger partial charge in [0.25, 0.3) is 11.8 Å². The van der Waals surface area contributed by atoms with Gasteiger partial charge in [-0.2, -0.15) is 0 Å². The molecule has 0 bridgehead atoms. The predicted octanol–water partition coefficient (Wildman–Crippen LogP) is 3.90. The summed E-state index contributed by atoms with van der Waals surface area (Å²) < 4.78 is 0. The fraction of sp³-hybridized carbons (Fsp3) is 0.222. The molecule has 1 aliphatic heterocycles. The zero-order valence-corrected chi connectivity index (χ0v) is 18.4. The van der Waals surface area contributed by atoms with Gasteiger partial charge in [0.15, 0.2) is 0 Å². The van der Waals surface area contributed by atoms with Crippen LogP contribution >= 0.6 is 0 Å². The molecule has 4 rings (SSSR count). The zero-order chi connectivity index (χ0) is 23.0. The van der Waals surface area contributed by atoms with Gasteiger partial charge in [-0.1, -0.05) is 60.7 Å². The maximum atomic E-state index is 13.3. The molecule has 1 saturated heterocycles. The lowest BCUT2D eigenvalue weighted by Gasteiger charge is -2.24. The minimum atomic E-state index is -0.684. The highest BCUT2D eigenvalue weighted by Gasteiger charge is 2.29. The molecular formula is C27H27N3O3. The molecule has 0 spiro atoms. The number of benzene rings is 3. The number of nitrogens with zero attached hydrogens (tertiary/aromatic N) is 1. The van der Waals surface area contributed by atoms with E-state index < -0.39 is 11.9 Å². The second-order valence-corrected chi connectivity index (χ2v) is 8.11. The molecule has 6 heteroatoms. The van der Waals surface area contributed by atoms with Gasteiger partial charge in [0.05, 0.1) is 11.3 Å². The van der Waals surface area contributed by atoms with Crippen LogP contribution in [0, 0.1) is 0 Å². The van der Waals surface area contributed by atoms with Crippen molar-refractivity contribution in [3.8, 4) is 0 Å². The van der Waals surface area contributed by atoms with Crippen molar-refractivity contribution in [3.05, 3.63) is 102 Å². The molecule has 3 amide bonds. The van der Waals surface area contributed by atoms with E-state index in [-0.39, 0.29) is 11.8 Å². The number of likely N-dealkylation sites (tertiary alicyclic amines) is 1. The van der Waals surface area contributed by atoms with Crippen molar-refractivity contribution < 1.29 is 14.4 Å². The lowest BCUT2D eigenvalue weighted by Crippen LogP contribution is -2.49. The van der Waals surface area contributed by atoms with E-state index in [0.717, 1.165) is 18.4 Å². The molecular weight excluding hydrogens is 414 g/mol. The first-order valence-corrected chi connectivity index (χ1v) is 11.2. The predicted molar refractivity (Wildman–Crippen MR) is 128 cm³/mol. The molecule has 3 aromatic rings. The smallest absolute Gasteiger partial charge is 0.255 e. The molecule has 6 nitrogen and oxygen atoms in total. The van der Waals surface area contributed by atoms with Crippen molar-refractivity contribution >= 4 is 23.4 Å². The summed E-state index contributed by atoms with van der Waals surface area (Å²) in [5, 5.41) is 5.75. The Morgan fingerprint density at radius 1 is 0.758 bits per heavy atom. The van der Waals surface area contributed by atoms with Crippen molar-refractivity contribution in [2.45, 2.75) is 25.3 Å². The summed E-state index contributed by atoms with van der Waals surface area (Å²) >= 11 is 0. The van der Waals surface area contributed by atoms with E-state index in [1.54, 1.807) is 48.5 Å². The van der Waals surface area contributed by atoms with Gasteiger partial charge in [0.1, 0.15) is 6.04 Å². The summed E-state index contributed by atoms with van der Waals surface area (Å²) in [5.74, 6) is -0.771. The van der Waals surface area contributed by atoms with Crippen LogP contribution in [-0.4, -0.2) is 41.8 Å². The zero-order valence-electron chi connectivity index (χ0n) is 18.4. The Balaban J connectivity index is 1.54. The SMILES string of the molecule is O=C(Nc1ccccc1C(=O)N[C@@H](Cc1ccccc1)C(=O)N1CCCC1)c1ccccc1. The number of rotatable bonds is 7. The Labute approximate surface area is 193 Å². The Kier molecular flexibility index (Phi) is 7.15. The molecule has 0 saturated carbocycles. The normalized spacial score (nSPS) is 13.9. The van der Waals surface area contributed by atoms with Crippen LogP contribution in [0.3, 0.4) is 0 Å². The van der Waals surface area contributed by atoms with E-state index in [2.05, 4.69) is 10.6 Å². The van der Waals surface area contributed by atoms with Crippen molar-refractivity contribution in [2.24, 2.45) is 0 Å². The minimum Gasteiger partial charge on any atom is -0.341 e. The molecule has 0 aromatic heterocycles. The van der Waals surface area contributed by atoms with E-state index in [1.807, 2.05) is 41.3 Å². The van der Waals surface area contributed by atoms with Crippen molar-refractivity contribution in [1.29, 1.82) is 0 Å². The average molecular weight is 442 g/mol. The quantitative estimate of drug-likeness (QED) is 0.584. The van der Waals surface area contributed by atoms with Crippen molar-refractivity contribution in [1.82, 2.24) is 10.2 Å². The summed E-state index contributed by atoms with van der Waals surface area (Å²) in [6.45, 7) is 1.42. The van der Waals surface area contributed by atoms with E-state index in [4.69, 9.17) is 0 Å². The highest BCUT2D eigenvalue weighted by Crippen LogP contribution is 2.18. The molecule has 168 valence electrons. The number of para-hydroxylation sites is 1. The lowest BCUT2D eigenvalue weighted by atomic mass is 10.0. The molecule has 0 unspecified atom stereocenters. The van der Waals surface area contributed by atoms with E-state index in [1.165, 1.54) is 0 Å². The van der Waals surface area contributed by atoms with Gasteiger partial charge in [-0.25, -0.2) is 0 Å². The fourth-order valence-electron chi connectivity index (χ4n) is 4.02. The number of carbonyl (C=O) groups excluding carboxylic acids is 3. The lowest BCUT2D eigenvalue weighted by molar-refractivity contribution is -0.132. The van der Waals surface area contributed by atoms with Crippen LogP contribution in [0.15, 0.2) is 84.9 Å². The Bertz CT molecular complexity index is 1110. The molecule has 0 radical (unpaired) electrons. The maximum absolute atomic E-state index is 13.3. The van der Waals surface area contributed by atoms with Crippen molar-refractivity contribution in [3.63, 3.8) is 0 Å². The average Bonchev–Trinajstić information content (AvgIpc) is 3.40. The van der Waals surface area contributed by atoms with Gasteiger partial charge in [0, 0.05) is 25.1 Å². The summed E-state index contributed by atoms with van der Waals surface area (Å²) in [7, 11) is 0. The molecule has 1 heterocycles. The van der Waals surface area contributed by atoms with Crippen LogP contribution in [0.2, 0.25) is 0 Å². The third kappa shape index (κ3) is 5.66.